The van der Waals surface area contributed by atoms with Gasteiger partial charge in [0.1, 0.15) is 0 Å². The minimum atomic E-state index is 0.410. The van der Waals surface area contributed by atoms with E-state index < -0.39 is 0 Å². The number of nitrogens with one attached hydrogen (secondary N) is 2. The third-order valence-corrected chi connectivity index (χ3v) is 5.83. The van der Waals surface area contributed by atoms with Crippen LogP contribution in [0.3, 0.4) is 0 Å². The molecule has 2 aromatic rings. The number of para-hydroxylation sites is 1. The quantitative estimate of drug-likeness (QED) is 0.703. The fraction of sp³-hybridized carbons (Fsp3) is 0.409. The molecule has 0 aromatic heterocycles. The molecular formula is C22H29ClN4S. The largest absolute Gasteiger partial charge is 0.369 e. The fourth-order valence-electron chi connectivity index (χ4n) is 3.66. The monoisotopic (exact) mass is 416 g/mol. The number of nitrogens with zero attached hydrogens (tertiary/aromatic N) is 2. The Morgan fingerprint density at radius 3 is 2.43 bits per heavy atom. The van der Waals surface area contributed by atoms with Gasteiger partial charge in [0.15, 0.2) is 5.11 Å². The number of thiocarbonyl (C=S) groups is 1. The van der Waals surface area contributed by atoms with Gasteiger partial charge in [-0.25, -0.2) is 0 Å². The molecule has 6 heteroatoms. The Morgan fingerprint density at radius 1 is 1.11 bits per heavy atom. The van der Waals surface area contributed by atoms with E-state index in [1.807, 2.05) is 19.9 Å². The third kappa shape index (κ3) is 5.37. The second kappa shape index (κ2) is 9.59. The number of aryl methyl sites for hydroxylation is 2. The number of halogens is 1. The maximum Gasteiger partial charge on any atom is 0.170 e. The standard InChI is InChI=1S/C22H29ClN4S/c1-16-13-17(2)21(20(23)14-16)25-22(28)24-15-18(3)26-9-11-27(12-10-26)19-7-5-4-6-8-19/h4-8,13-14,18H,9-12,15H2,1-3H3,(H2,24,25,28). The molecule has 150 valence electrons. The molecule has 1 atom stereocenters. The van der Waals surface area contributed by atoms with Gasteiger partial charge in [-0.15, -0.1) is 0 Å². The lowest BCUT2D eigenvalue weighted by atomic mass is 10.1. The summed E-state index contributed by atoms with van der Waals surface area (Å²) in [6, 6.07) is 15.1. The second-order valence-electron chi connectivity index (χ2n) is 7.48. The summed E-state index contributed by atoms with van der Waals surface area (Å²) in [6.45, 7) is 11.3. The first-order chi connectivity index (χ1) is 13.4. The molecule has 1 heterocycles. The second-order valence-corrected chi connectivity index (χ2v) is 8.30. The van der Waals surface area contributed by atoms with Crippen LogP contribution in [0.1, 0.15) is 18.1 Å². The van der Waals surface area contributed by atoms with Gasteiger partial charge in [0.2, 0.25) is 0 Å². The van der Waals surface area contributed by atoms with E-state index in [0.717, 1.165) is 49.5 Å². The Balaban J connectivity index is 1.46. The van der Waals surface area contributed by atoms with Crippen molar-refractivity contribution in [3.8, 4) is 0 Å². The first-order valence-electron chi connectivity index (χ1n) is 9.79. The van der Waals surface area contributed by atoms with Gasteiger partial charge in [0.05, 0.1) is 10.7 Å². The third-order valence-electron chi connectivity index (χ3n) is 5.29. The van der Waals surface area contributed by atoms with E-state index >= 15 is 0 Å². The van der Waals surface area contributed by atoms with Crippen LogP contribution in [0.5, 0.6) is 0 Å². The molecule has 28 heavy (non-hydrogen) atoms. The Labute approximate surface area is 178 Å². The molecule has 1 fully saturated rings. The van der Waals surface area contributed by atoms with Crippen molar-refractivity contribution in [3.05, 3.63) is 58.6 Å². The van der Waals surface area contributed by atoms with Crippen LogP contribution in [-0.4, -0.2) is 48.8 Å². The van der Waals surface area contributed by atoms with Crippen LogP contribution in [-0.2, 0) is 0 Å². The van der Waals surface area contributed by atoms with E-state index in [4.69, 9.17) is 23.8 Å². The van der Waals surface area contributed by atoms with E-state index in [-0.39, 0.29) is 0 Å². The van der Waals surface area contributed by atoms with Gasteiger partial charge in [-0.3, -0.25) is 4.90 Å². The molecule has 0 aliphatic carbocycles. The predicted molar refractivity (Wildman–Crippen MR) is 125 cm³/mol. The van der Waals surface area contributed by atoms with Crippen LogP contribution in [0.4, 0.5) is 11.4 Å². The van der Waals surface area contributed by atoms with Crippen molar-refractivity contribution in [2.75, 3.05) is 42.9 Å². The van der Waals surface area contributed by atoms with Crippen molar-refractivity contribution >= 4 is 40.3 Å². The topological polar surface area (TPSA) is 30.5 Å². The highest BCUT2D eigenvalue weighted by molar-refractivity contribution is 7.80. The summed E-state index contributed by atoms with van der Waals surface area (Å²) < 4.78 is 0. The summed E-state index contributed by atoms with van der Waals surface area (Å²) in [7, 11) is 0. The lowest BCUT2D eigenvalue weighted by Crippen LogP contribution is -2.52. The number of benzene rings is 2. The summed E-state index contributed by atoms with van der Waals surface area (Å²) >= 11 is 11.8. The average Bonchev–Trinajstić information content (AvgIpc) is 2.69. The molecule has 3 rings (SSSR count). The highest BCUT2D eigenvalue weighted by Crippen LogP contribution is 2.27. The zero-order valence-electron chi connectivity index (χ0n) is 16.8. The molecule has 1 unspecified atom stereocenters. The van der Waals surface area contributed by atoms with Gasteiger partial charge in [0, 0.05) is 44.5 Å². The van der Waals surface area contributed by atoms with Gasteiger partial charge >= 0.3 is 0 Å². The maximum atomic E-state index is 6.36. The number of anilines is 2. The maximum absolute atomic E-state index is 6.36. The minimum Gasteiger partial charge on any atom is -0.369 e. The van der Waals surface area contributed by atoms with Crippen molar-refractivity contribution in [2.24, 2.45) is 0 Å². The van der Waals surface area contributed by atoms with Crippen LogP contribution in [0.15, 0.2) is 42.5 Å². The Bertz CT molecular complexity index is 780. The molecule has 2 aromatic carbocycles. The predicted octanol–water partition coefficient (Wildman–Crippen LogP) is 4.45. The first kappa shape index (κ1) is 20.9. The van der Waals surface area contributed by atoms with Crippen molar-refractivity contribution in [1.82, 2.24) is 10.2 Å². The summed E-state index contributed by atoms with van der Waals surface area (Å²) in [5.74, 6) is 0. The number of rotatable bonds is 5. The lowest BCUT2D eigenvalue weighted by molar-refractivity contribution is 0.198. The number of hydrogen-bond donors (Lipinski definition) is 2. The molecular weight excluding hydrogens is 388 g/mol. The molecule has 1 saturated heterocycles. The van der Waals surface area contributed by atoms with E-state index in [1.54, 1.807) is 0 Å². The van der Waals surface area contributed by atoms with Crippen LogP contribution in [0.25, 0.3) is 0 Å². The Morgan fingerprint density at radius 2 is 1.79 bits per heavy atom. The van der Waals surface area contributed by atoms with Crippen molar-refractivity contribution < 1.29 is 0 Å². The van der Waals surface area contributed by atoms with E-state index in [2.05, 4.69) is 63.8 Å². The summed E-state index contributed by atoms with van der Waals surface area (Å²) in [5.41, 5.74) is 4.44. The Kier molecular flexibility index (Phi) is 7.16. The summed E-state index contributed by atoms with van der Waals surface area (Å²) in [6.07, 6.45) is 0. The van der Waals surface area contributed by atoms with Crippen molar-refractivity contribution in [3.63, 3.8) is 0 Å². The SMILES string of the molecule is Cc1cc(C)c(NC(=S)NCC(C)N2CCN(c3ccccc3)CC2)c(Cl)c1. The molecule has 0 radical (unpaired) electrons. The number of hydrogen-bond acceptors (Lipinski definition) is 3. The van der Waals surface area contributed by atoms with Gasteiger partial charge in [-0.05, 0) is 62.3 Å². The molecule has 0 amide bonds. The lowest BCUT2D eigenvalue weighted by Gasteiger charge is -2.39. The van der Waals surface area contributed by atoms with Crippen LogP contribution < -0.4 is 15.5 Å². The van der Waals surface area contributed by atoms with E-state index in [9.17, 15) is 0 Å². The van der Waals surface area contributed by atoms with Crippen molar-refractivity contribution in [2.45, 2.75) is 26.8 Å². The zero-order valence-corrected chi connectivity index (χ0v) is 18.4. The molecule has 0 spiro atoms. The summed E-state index contributed by atoms with van der Waals surface area (Å²) in [5, 5.41) is 7.92. The number of piperazine rings is 1. The van der Waals surface area contributed by atoms with Crippen LogP contribution in [0.2, 0.25) is 5.02 Å². The average molecular weight is 417 g/mol. The molecule has 0 saturated carbocycles. The molecule has 1 aliphatic rings. The molecule has 1 aliphatic heterocycles. The van der Waals surface area contributed by atoms with E-state index in [0.29, 0.717) is 16.2 Å². The smallest absolute Gasteiger partial charge is 0.170 e. The van der Waals surface area contributed by atoms with Gasteiger partial charge in [0.25, 0.3) is 0 Å². The van der Waals surface area contributed by atoms with Gasteiger partial charge in [-0.2, -0.15) is 0 Å². The zero-order chi connectivity index (χ0) is 20.1. The molecule has 4 nitrogen and oxygen atoms in total. The van der Waals surface area contributed by atoms with Gasteiger partial charge < -0.3 is 15.5 Å². The fourth-order valence-corrected chi connectivity index (χ4v) is 4.21. The van der Waals surface area contributed by atoms with E-state index in [1.165, 1.54) is 5.69 Å². The van der Waals surface area contributed by atoms with Crippen LogP contribution >= 0.6 is 23.8 Å². The molecule has 0 bridgehead atoms. The van der Waals surface area contributed by atoms with Crippen LogP contribution in [0, 0.1) is 13.8 Å². The Hall–Kier alpha value is -1.82. The highest BCUT2D eigenvalue weighted by atomic mass is 35.5. The normalized spacial score (nSPS) is 15.9. The highest BCUT2D eigenvalue weighted by Gasteiger charge is 2.21. The first-order valence-corrected chi connectivity index (χ1v) is 10.6. The summed E-state index contributed by atoms with van der Waals surface area (Å²) in [4.78, 5) is 4.96. The van der Waals surface area contributed by atoms with Gasteiger partial charge in [-0.1, -0.05) is 35.9 Å². The van der Waals surface area contributed by atoms with Crippen molar-refractivity contribution in [1.29, 1.82) is 0 Å². The minimum absolute atomic E-state index is 0.410. The molecule has 2 N–H and O–H groups in total.